The predicted octanol–water partition coefficient (Wildman–Crippen LogP) is 5.74. The molecule has 0 bridgehead atoms. The maximum atomic E-state index is 13.1. The van der Waals surface area contributed by atoms with E-state index in [1.165, 1.54) is 25.3 Å². The van der Waals surface area contributed by atoms with Crippen LogP contribution in [0.15, 0.2) is 83.5 Å². The molecule has 35 heavy (non-hydrogen) atoms. The molecule has 0 saturated carbocycles. The summed E-state index contributed by atoms with van der Waals surface area (Å²) in [6.45, 7) is 1.59. The smallest absolute Gasteiger partial charge is 0.416 e. The van der Waals surface area contributed by atoms with Crippen LogP contribution in [0.25, 0.3) is 6.08 Å². The van der Waals surface area contributed by atoms with Crippen molar-refractivity contribution in [3.05, 3.63) is 95.1 Å². The summed E-state index contributed by atoms with van der Waals surface area (Å²) in [4.78, 5) is 25.3. The van der Waals surface area contributed by atoms with Gasteiger partial charge >= 0.3 is 12.1 Å². The van der Waals surface area contributed by atoms with Gasteiger partial charge in [0, 0.05) is 0 Å². The number of rotatable bonds is 5. The fourth-order valence-electron chi connectivity index (χ4n) is 3.43. The molecule has 0 radical (unpaired) electrons. The number of halogens is 3. The average molecular weight is 480 g/mol. The van der Waals surface area contributed by atoms with E-state index >= 15 is 0 Å². The average Bonchev–Trinajstić information content (AvgIpc) is 3.13. The molecule has 3 aromatic carbocycles. The zero-order chi connectivity index (χ0) is 25.2. The molecule has 0 fully saturated rings. The highest BCUT2D eigenvalue weighted by atomic mass is 19.4. The Labute approximate surface area is 198 Å². The number of hydrogen-bond donors (Lipinski definition) is 0. The minimum Gasteiger partial charge on any atom is -0.493 e. The van der Waals surface area contributed by atoms with Gasteiger partial charge in [-0.3, -0.25) is 4.79 Å². The van der Waals surface area contributed by atoms with E-state index < -0.39 is 23.6 Å². The lowest BCUT2D eigenvalue weighted by molar-refractivity contribution is -0.137. The number of nitrogens with zero attached hydrogens (tertiary/aromatic N) is 2. The van der Waals surface area contributed by atoms with Crippen LogP contribution in [0.3, 0.4) is 0 Å². The Bertz CT molecular complexity index is 1350. The van der Waals surface area contributed by atoms with Crippen LogP contribution in [0.2, 0.25) is 0 Å². The van der Waals surface area contributed by atoms with Crippen LogP contribution in [0, 0.1) is 0 Å². The number of carbonyl (C=O) groups is 2. The molecule has 0 atom stereocenters. The standard InChI is InChI=1S/C26H19F3N2O4/c1-16-21(24(32)31(30-16)20-10-6-9-19(15-20)26(27,28)29)13-17-11-12-22(23(14-17)34-2)35-25(33)18-7-4-3-5-8-18/h3-15H,1-2H3. The zero-order valence-electron chi connectivity index (χ0n) is 18.7. The molecule has 0 saturated heterocycles. The molecule has 0 N–H and O–H groups in total. The predicted molar refractivity (Wildman–Crippen MR) is 124 cm³/mol. The van der Waals surface area contributed by atoms with E-state index in [0.29, 0.717) is 16.8 Å². The Morgan fingerprint density at radius 2 is 1.71 bits per heavy atom. The van der Waals surface area contributed by atoms with Gasteiger partial charge in [-0.15, -0.1) is 0 Å². The van der Waals surface area contributed by atoms with Gasteiger partial charge in [0.15, 0.2) is 11.5 Å². The van der Waals surface area contributed by atoms with Crippen LogP contribution in [-0.4, -0.2) is 24.7 Å². The van der Waals surface area contributed by atoms with Gasteiger partial charge in [0.25, 0.3) is 5.91 Å². The molecule has 0 aromatic heterocycles. The molecule has 0 spiro atoms. The number of ether oxygens (including phenoxy) is 2. The number of benzene rings is 3. The Balaban J connectivity index is 1.58. The molecule has 0 unspecified atom stereocenters. The summed E-state index contributed by atoms with van der Waals surface area (Å²) < 4.78 is 50.0. The molecular formula is C26H19F3N2O4. The van der Waals surface area contributed by atoms with Gasteiger partial charge in [-0.2, -0.15) is 23.3 Å². The van der Waals surface area contributed by atoms with Crippen molar-refractivity contribution in [2.45, 2.75) is 13.1 Å². The molecule has 0 aliphatic carbocycles. The third-order valence-corrected chi connectivity index (χ3v) is 5.19. The number of esters is 1. The summed E-state index contributed by atoms with van der Waals surface area (Å²) in [5.74, 6) is -0.670. The number of anilines is 1. The highest BCUT2D eigenvalue weighted by Gasteiger charge is 2.33. The number of carbonyl (C=O) groups excluding carboxylic acids is 2. The van der Waals surface area contributed by atoms with E-state index in [2.05, 4.69) is 5.10 Å². The van der Waals surface area contributed by atoms with Crippen molar-refractivity contribution in [2.24, 2.45) is 5.10 Å². The third kappa shape index (κ3) is 5.08. The van der Waals surface area contributed by atoms with E-state index in [9.17, 15) is 22.8 Å². The van der Waals surface area contributed by atoms with Crippen molar-refractivity contribution >= 4 is 29.4 Å². The Morgan fingerprint density at radius 1 is 0.971 bits per heavy atom. The van der Waals surface area contributed by atoms with Gasteiger partial charge in [-0.1, -0.05) is 30.3 Å². The molecule has 9 heteroatoms. The van der Waals surface area contributed by atoms with Crippen LogP contribution in [0.1, 0.15) is 28.4 Å². The molecule has 6 nitrogen and oxygen atoms in total. The maximum absolute atomic E-state index is 13.1. The summed E-state index contributed by atoms with van der Waals surface area (Å²) in [6.07, 6.45) is -3.00. The first-order chi connectivity index (χ1) is 16.7. The Morgan fingerprint density at radius 3 is 2.40 bits per heavy atom. The van der Waals surface area contributed by atoms with Gasteiger partial charge in [0.1, 0.15) is 0 Å². The van der Waals surface area contributed by atoms with E-state index in [1.807, 2.05) is 0 Å². The van der Waals surface area contributed by atoms with Gasteiger partial charge in [0.2, 0.25) is 0 Å². The van der Waals surface area contributed by atoms with Crippen LogP contribution in [0.5, 0.6) is 11.5 Å². The number of amides is 1. The van der Waals surface area contributed by atoms with E-state index in [-0.39, 0.29) is 22.8 Å². The summed E-state index contributed by atoms with van der Waals surface area (Å²) in [5, 5.41) is 5.07. The third-order valence-electron chi connectivity index (χ3n) is 5.19. The van der Waals surface area contributed by atoms with Crippen LogP contribution in [-0.2, 0) is 11.0 Å². The molecule has 178 valence electrons. The fourth-order valence-corrected chi connectivity index (χ4v) is 3.43. The number of methoxy groups -OCH3 is 1. The first-order valence-corrected chi connectivity index (χ1v) is 10.4. The Hall–Kier alpha value is -4.40. The highest BCUT2D eigenvalue weighted by molar-refractivity contribution is 6.32. The van der Waals surface area contributed by atoms with Gasteiger partial charge in [0.05, 0.1) is 35.2 Å². The first-order valence-electron chi connectivity index (χ1n) is 10.4. The lowest BCUT2D eigenvalue weighted by Gasteiger charge is -2.14. The molecule has 1 aliphatic heterocycles. The van der Waals surface area contributed by atoms with Crippen molar-refractivity contribution < 1.29 is 32.2 Å². The van der Waals surface area contributed by atoms with Crippen molar-refractivity contribution in [3.8, 4) is 11.5 Å². The number of hydrogen-bond acceptors (Lipinski definition) is 5. The summed E-state index contributed by atoms with van der Waals surface area (Å²) in [7, 11) is 1.41. The second-order valence-electron chi connectivity index (χ2n) is 7.57. The molecule has 1 amide bonds. The zero-order valence-corrected chi connectivity index (χ0v) is 18.7. The second kappa shape index (κ2) is 9.46. The topological polar surface area (TPSA) is 68.2 Å². The SMILES string of the molecule is COc1cc(C=C2C(=O)N(c3cccc(C(F)(F)F)c3)N=C2C)ccc1OC(=O)c1ccccc1. The van der Waals surface area contributed by atoms with E-state index in [4.69, 9.17) is 9.47 Å². The normalized spacial score (nSPS) is 14.8. The van der Waals surface area contributed by atoms with Crippen LogP contribution in [0.4, 0.5) is 18.9 Å². The quantitative estimate of drug-likeness (QED) is 0.265. The fraction of sp³-hybridized carbons (Fsp3) is 0.115. The van der Waals surface area contributed by atoms with Gasteiger partial charge in [-0.25, -0.2) is 4.79 Å². The minimum atomic E-state index is -4.54. The van der Waals surface area contributed by atoms with Crippen molar-refractivity contribution in [1.29, 1.82) is 0 Å². The lowest BCUT2D eigenvalue weighted by atomic mass is 10.1. The van der Waals surface area contributed by atoms with Crippen LogP contribution >= 0.6 is 0 Å². The largest absolute Gasteiger partial charge is 0.493 e. The van der Waals surface area contributed by atoms with Crippen molar-refractivity contribution in [1.82, 2.24) is 0 Å². The highest BCUT2D eigenvalue weighted by Crippen LogP contribution is 2.34. The molecule has 1 heterocycles. The molecule has 1 aliphatic rings. The number of hydrazone groups is 1. The van der Waals surface area contributed by atoms with Gasteiger partial charge in [-0.05, 0) is 61.0 Å². The summed E-state index contributed by atoms with van der Waals surface area (Å²) in [5.41, 5.74) is 0.597. The first kappa shape index (κ1) is 23.7. The molecule has 3 aromatic rings. The van der Waals surface area contributed by atoms with Crippen molar-refractivity contribution in [3.63, 3.8) is 0 Å². The summed E-state index contributed by atoms with van der Waals surface area (Å²) in [6, 6.07) is 17.6. The second-order valence-corrected chi connectivity index (χ2v) is 7.57. The lowest BCUT2D eigenvalue weighted by Crippen LogP contribution is -2.21. The Kier molecular flexibility index (Phi) is 6.42. The van der Waals surface area contributed by atoms with Gasteiger partial charge < -0.3 is 9.47 Å². The maximum Gasteiger partial charge on any atom is 0.416 e. The minimum absolute atomic E-state index is 0.00771. The molecule has 4 rings (SSSR count). The number of alkyl halides is 3. The van der Waals surface area contributed by atoms with E-state index in [1.54, 1.807) is 55.5 Å². The van der Waals surface area contributed by atoms with Crippen LogP contribution < -0.4 is 14.5 Å². The molecular weight excluding hydrogens is 461 g/mol. The van der Waals surface area contributed by atoms with Crippen molar-refractivity contribution in [2.75, 3.05) is 12.1 Å². The monoisotopic (exact) mass is 480 g/mol. The summed E-state index contributed by atoms with van der Waals surface area (Å²) >= 11 is 0. The van der Waals surface area contributed by atoms with E-state index in [0.717, 1.165) is 17.1 Å².